The molecule has 0 bridgehead atoms. The monoisotopic (exact) mass is 384 g/mol. The molecule has 144 valence electrons. The topological polar surface area (TPSA) is 82.9 Å². The van der Waals surface area contributed by atoms with Gasteiger partial charge in [0.05, 0.1) is 11.4 Å². The molecular formula is C23H20N4O2. The van der Waals surface area contributed by atoms with E-state index in [1.165, 1.54) is 13.8 Å². The highest BCUT2D eigenvalue weighted by Crippen LogP contribution is 2.31. The molecule has 0 radical (unpaired) electrons. The smallest absolute Gasteiger partial charge is 0.221 e. The summed E-state index contributed by atoms with van der Waals surface area (Å²) in [5.74, 6) is -0.225. The Morgan fingerprint density at radius 3 is 2.14 bits per heavy atom. The first kappa shape index (κ1) is 18.6. The molecule has 2 aromatic carbocycles. The number of hydrogen-bond donors (Lipinski definition) is 2. The Morgan fingerprint density at radius 1 is 0.862 bits per heavy atom. The maximum absolute atomic E-state index is 11.4. The maximum atomic E-state index is 11.4. The fourth-order valence-electron chi connectivity index (χ4n) is 3.40. The third-order valence-electron chi connectivity index (χ3n) is 4.60. The van der Waals surface area contributed by atoms with E-state index in [2.05, 4.69) is 15.6 Å². The van der Waals surface area contributed by atoms with Crippen LogP contribution in [0.25, 0.3) is 5.57 Å². The summed E-state index contributed by atoms with van der Waals surface area (Å²) < 4.78 is 0. The molecule has 1 unspecified atom stereocenters. The average molecular weight is 384 g/mol. The van der Waals surface area contributed by atoms with Crippen molar-refractivity contribution in [3.63, 3.8) is 0 Å². The second kappa shape index (κ2) is 7.67. The Labute approximate surface area is 168 Å². The Kier molecular flexibility index (Phi) is 4.91. The van der Waals surface area contributed by atoms with E-state index in [4.69, 9.17) is 4.99 Å². The number of hydrogen-bond acceptors (Lipinski definition) is 4. The molecule has 2 aliphatic rings. The molecular weight excluding hydrogens is 364 g/mol. The highest BCUT2D eigenvalue weighted by Gasteiger charge is 2.27. The first-order chi connectivity index (χ1) is 14.0. The van der Waals surface area contributed by atoms with Gasteiger partial charge in [-0.3, -0.25) is 19.6 Å². The normalized spacial score (nSPS) is 17.0. The molecule has 2 N–H and O–H groups in total. The minimum atomic E-state index is -0.202. The van der Waals surface area contributed by atoms with Crippen LogP contribution in [0.2, 0.25) is 0 Å². The van der Waals surface area contributed by atoms with Crippen molar-refractivity contribution in [3.05, 3.63) is 78.0 Å². The van der Waals surface area contributed by atoms with Crippen LogP contribution in [-0.4, -0.2) is 29.3 Å². The van der Waals surface area contributed by atoms with Crippen LogP contribution in [-0.2, 0) is 9.59 Å². The molecule has 2 heterocycles. The van der Waals surface area contributed by atoms with Crippen LogP contribution >= 0.6 is 0 Å². The zero-order chi connectivity index (χ0) is 20.4. The number of nitrogens with zero attached hydrogens (tertiary/aromatic N) is 2. The molecule has 2 aromatic rings. The number of allylic oxidation sites excluding steroid dienone is 1. The van der Waals surface area contributed by atoms with Crippen molar-refractivity contribution < 1.29 is 9.59 Å². The van der Waals surface area contributed by atoms with Crippen molar-refractivity contribution in [1.29, 1.82) is 0 Å². The number of amides is 2. The molecule has 2 aliphatic heterocycles. The highest BCUT2D eigenvalue weighted by atomic mass is 16.2. The Balaban J connectivity index is 1.63. The number of dihydropyridines is 1. The van der Waals surface area contributed by atoms with Gasteiger partial charge in [-0.25, -0.2) is 0 Å². The summed E-state index contributed by atoms with van der Waals surface area (Å²) in [6, 6.07) is 15.1. The van der Waals surface area contributed by atoms with Crippen molar-refractivity contribution in [3.8, 4) is 0 Å². The van der Waals surface area contributed by atoms with E-state index in [0.717, 1.165) is 39.5 Å². The van der Waals surface area contributed by atoms with E-state index in [0.29, 0.717) is 0 Å². The highest BCUT2D eigenvalue weighted by molar-refractivity contribution is 6.21. The lowest BCUT2D eigenvalue weighted by molar-refractivity contribution is -0.115. The van der Waals surface area contributed by atoms with E-state index < -0.39 is 0 Å². The number of carbonyl (C=O) groups excluding carboxylic acids is 2. The Hall–Kier alpha value is -3.80. The van der Waals surface area contributed by atoms with Crippen molar-refractivity contribution in [2.24, 2.45) is 9.98 Å². The summed E-state index contributed by atoms with van der Waals surface area (Å²) in [6.45, 7) is 2.97. The van der Waals surface area contributed by atoms with Gasteiger partial charge in [0.1, 0.15) is 6.04 Å². The molecule has 6 heteroatoms. The number of carbonyl (C=O) groups is 2. The fraction of sp³-hybridized carbons (Fsp3) is 0.130. The molecule has 2 amide bonds. The van der Waals surface area contributed by atoms with Crippen LogP contribution in [0.4, 0.5) is 11.4 Å². The van der Waals surface area contributed by atoms with E-state index in [1.54, 1.807) is 0 Å². The molecule has 0 aromatic heterocycles. The third-order valence-corrected chi connectivity index (χ3v) is 4.60. The number of nitrogens with one attached hydrogen (secondary N) is 2. The van der Waals surface area contributed by atoms with Crippen molar-refractivity contribution in [2.75, 3.05) is 10.6 Å². The van der Waals surface area contributed by atoms with E-state index in [-0.39, 0.29) is 17.9 Å². The zero-order valence-electron chi connectivity index (χ0n) is 16.1. The first-order valence-electron chi connectivity index (χ1n) is 9.29. The minimum Gasteiger partial charge on any atom is -0.326 e. The van der Waals surface area contributed by atoms with Crippen LogP contribution in [0.15, 0.2) is 76.9 Å². The van der Waals surface area contributed by atoms with E-state index in [9.17, 15) is 9.59 Å². The molecule has 29 heavy (non-hydrogen) atoms. The fourth-order valence-corrected chi connectivity index (χ4v) is 3.40. The Morgan fingerprint density at radius 2 is 1.48 bits per heavy atom. The second-order valence-corrected chi connectivity index (χ2v) is 6.91. The maximum Gasteiger partial charge on any atom is 0.221 e. The number of fused-ring (bicyclic) bond motifs is 1. The van der Waals surface area contributed by atoms with Gasteiger partial charge in [0.15, 0.2) is 0 Å². The van der Waals surface area contributed by atoms with Crippen molar-refractivity contribution in [2.45, 2.75) is 19.9 Å². The van der Waals surface area contributed by atoms with Gasteiger partial charge in [0.2, 0.25) is 11.8 Å². The standard InChI is InChI=1S/C23H20N4O2/c1-14(28)25-18-7-3-5-16(11-18)20-13-24-22-10-9-21(27-23(20)22)17-6-4-8-19(12-17)26-15(2)29/h3-13,23H,1-2H3,(H,25,28)(H,26,29). The number of aliphatic imine (C=N–C) groups is 2. The van der Waals surface area contributed by atoms with Gasteiger partial charge >= 0.3 is 0 Å². The summed E-state index contributed by atoms with van der Waals surface area (Å²) in [7, 11) is 0. The number of benzene rings is 2. The van der Waals surface area contributed by atoms with Gasteiger partial charge in [-0.1, -0.05) is 24.3 Å². The van der Waals surface area contributed by atoms with Gasteiger partial charge in [-0.05, 0) is 42.0 Å². The summed E-state index contributed by atoms with van der Waals surface area (Å²) in [4.78, 5) is 32.1. The molecule has 0 saturated carbocycles. The zero-order valence-corrected chi connectivity index (χ0v) is 16.1. The quantitative estimate of drug-likeness (QED) is 0.840. The predicted octanol–water partition coefficient (Wildman–Crippen LogP) is 3.83. The molecule has 0 saturated heterocycles. The summed E-state index contributed by atoms with van der Waals surface area (Å²) in [5.41, 5.74) is 6.04. The lowest BCUT2D eigenvalue weighted by Crippen LogP contribution is -2.21. The second-order valence-electron chi connectivity index (χ2n) is 6.91. The molecule has 4 rings (SSSR count). The summed E-state index contributed by atoms with van der Waals surface area (Å²) in [6.07, 6.45) is 5.74. The molecule has 1 atom stereocenters. The number of rotatable bonds is 4. The van der Waals surface area contributed by atoms with Crippen LogP contribution in [0.1, 0.15) is 25.0 Å². The van der Waals surface area contributed by atoms with Crippen LogP contribution < -0.4 is 10.6 Å². The summed E-state index contributed by atoms with van der Waals surface area (Å²) >= 11 is 0. The average Bonchev–Trinajstić information content (AvgIpc) is 3.10. The molecule has 0 fully saturated rings. The largest absolute Gasteiger partial charge is 0.326 e. The molecule has 6 nitrogen and oxygen atoms in total. The summed E-state index contributed by atoms with van der Waals surface area (Å²) in [5, 5.41) is 5.61. The van der Waals surface area contributed by atoms with Crippen molar-refractivity contribution >= 4 is 40.2 Å². The van der Waals surface area contributed by atoms with Gasteiger partial charge < -0.3 is 10.6 Å². The number of anilines is 2. The van der Waals surface area contributed by atoms with E-state index >= 15 is 0 Å². The predicted molar refractivity (Wildman–Crippen MR) is 116 cm³/mol. The van der Waals surface area contributed by atoms with Crippen LogP contribution in [0.5, 0.6) is 0 Å². The van der Waals surface area contributed by atoms with Crippen LogP contribution in [0, 0.1) is 0 Å². The lowest BCUT2D eigenvalue weighted by atomic mass is 9.94. The van der Waals surface area contributed by atoms with Gasteiger partial charge in [-0.2, -0.15) is 0 Å². The molecule has 0 spiro atoms. The SMILES string of the molecule is CC(=O)Nc1cccc(C2=CN=C3C=CC(c4cccc(NC(C)=O)c4)=NC23)c1. The molecule has 0 aliphatic carbocycles. The van der Waals surface area contributed by atoms with E-state index in [1.807, 2.05) is 66.9 Å². The van der Waals surface area contributed by atoms with Crippen molar-refractivity contribution in [1.82, 2.24) is 0 Å². The minimum absolute atomic E-state index is 0.112. The third kappa shape index (κ3) is 4.06. The Bertz CT molecular complexity index is 1130. The lowest BCUT2D eigenvalue weighted by Gasteiger charge is -2.18. The van der Waals surface area contributed by atoms with Gasteiger partial charge in [0.25, 0.3) is 0 Å². The first-order valence-corrected chi connectivity index (χ1v) is 9.29. The van der Waals surface area contributed by atoms with Crippen LogP contribution in [0.3, 0.4) is 0 Å². The van der Waals surface area contributed by atoms with Gasteiger partial charge in [-0.15, -0.1) is 0 Å². The van der Waals surface area contributed by atoms with Gasteiger partial charge in [0, 0.05) is 42.6 Å².